The Balaban J connectivity index is 1.45. The summed E-state index contributed by atoms with van der Waals surface area (Å²) in [7, 11) is -3.05. The molecule has 1 unspecified atom stereocenters. The maximum Gasteiger partial charge on any atom is 0.257 e. The quantitative estimate of drug-likeness (QED) is 0.560. The summed E-state index contributed by atoms with van der Waals surface area (Å²) in [6.45, 7) is 3.43. The first-order valence-corrected chi connectivity index (χ1v) is 13.8. The van der Waals surface area contributed by atoms with E-state index in [9.17, 15) is 13.2 Å². The highest BCUT2D eigenvalue weighted by molar-refractivity contribution is 7.91. The van der Waals surface area contributed by atoms with Gasteiger partial charge in [-0.25, -0.2) is 8.42 Å². The Kier molecular flexibility index (Phi) is 7.08. The molecule has 170 valence electrons. The van der Waals surface area contributed by atoms with Gasteiger partial charge in [-0.05, 0) is 43.7 Å². The predicted octanol–water partition coefficient (Wildman–Crippen LogP) is 2.97. The van der Waals surface area contributed by atoms with Gasteiger partial charge in [0.1, 0.15) is 0 Å². The molecule has 10 heteroatoms. The van der Waals surface area contributed by atoms with Crippen molar-refractivity contribution in [1.29, 1.82) is 0 Å². The fraction of sp³-hybridized carbons (Fsp3) is 0.667. The van der Waals surface area contributed by atoms with Crippen LogP contribution in [0.15, 0.2) is 21.9 Å². The van der Waals surface area contributed by atoms with Crippen molar-refractivity contribution < 1.29 is 17.6 Å². The molecule has 0 radical (unpaired) electrons. The van der Waals surface area contributed by atoms with E-state index in [1.807, 2.05) is 27.3 Å². The van der Waals surface area contributed by atoms with Crippen LogP contribution in [0.5, 0.6) is 0 Å². The molecule has 1 atom stereocenters. The second-order valence-corrected chi connectivity index (χ2v) is 11.7. The van der Waals surface area contributed by atoms with E-state index in [0.717, 1.165) is 43.5 Å². The third-order valence-corrected chi connectivity index (χ3v) is 8.67. The Morgan fingerprint density at radius 1 is 1.23 bits per heavy atom. The zero-order valence-corrected chi connectivity index (χ0v) is 19.5. The maximum absolute atomic E-state index is 13.4. The number of thiophene rings is 1. The molecule has 3 heterocycles. The second-order valence-electron chi connectivity index (χ2n) is 8.49. The molecule has 1 aliphatic heterocycles. The number of aromatic nitrogens is 2. The van der Waals surface area contributed by atoms with Crippen LogP contribution in [-0.2, 0) is 21.2 Å². The monoisotopic (exact) mass is 466 g/mol. The second kappa shape index (κ2) is 9.79. The Morgan fingerprint density at radius 3 is 2.68 bits per heavy atom. The summed E-state index contributed by atoms with van der Waals surface area (Å²) in [5.74, 6) is 1.27. The summed E-state index contributed by atoms with van der Waals surface area (Å²) >= 11 is 1.54. The minimum absolute atomic E-state index is 0.0143. The molecule has 2 fully saturated rings. The number of carbonyl (C=O) groups excluding carboxylic acids is 1. The summed E-state index contributed by atoms with van der Waals surface area (Å²) in [6.07, 6.45) is 5.56. The van der Waals surface area contributed by atoms with E-state index in [1.165, 1.54) is 0 Å². The third kappa shape index (κ3) is 5.53. The summed E-state index contributed by atoms with van der Waals surface area (Å²) in [4.78, 5) is 18.3. The lowest BCUT2D eigenvalue weighted by molar-refractivity contribution is -0.137. The van der Waals surface area contributed by atoms with E-state index in [1.54, 1.807) is 11.3 Å². The molecule has 8 nitrogen and oxygen atoms in total. The fourth-order valence-electron chi connectivity index (χ4n) is 4.69. The highest BCUT2D eigenvalue weighted by Gasteiger charge is 2.39. The van der Waals surface area contributed by atoms with Crippen LogP contribution in [-0.4, -0.2) is 71.0 Å². The first kappa shape index (κ1) is 22.4. The van der Waals surface area contributed by atoms with Gasteiger partial charge in [0.05, 0.1) is 29.5 Å². The molecule has 31 heavy (non-hydrogen) atoms. The van der Waals surface area contributed by atoms with E-state index in [0.29, 0.717) is 24.7 Å². The lowest BCUT2D eigenvalue weighted by atomic mass is 10.1. The van der Waals surface area contributed by atoms with Gasteiger partial charge in [0.25, 0.3) is 5.89 Å². The topological polar surface area (TPSA) is 96.6 Å². The van der Waals surface area contributed by atoms with Crippen molar-refractivity contribution in [3.05, 3.63) is 23.4 Å². The van der Waals surface area contributed by atoms with E-state index in [2.05, 4.69) is 17.1 Å². The van der Waals surface area contributed by atoms with Crippen LogP contribution in [0.2, 0.25) is 0 Å². The average Bonchev–Trinajstić information content (AvgIpc) is 3.50. The minimum atomic E-state index is -3.05. The van der Waals surface area contributed by atoms with Gasteiger partial charge in [-0.3, -0.25) is 9.69 Å². The van der Waals surface area contributed by atoms with Crippen LogP contribution in [0.1, 0.15) is 51.3 Å². The molecule has 1 saturated heterocycles. The minimum Gasteiger partial charge on any atom is -0.419 e. The van der Waals surface area contributed by atoms with E-state index >= 15 is 0 Å². The first-order chi connectivity index (χ1) is 14.9. The average molecular weight is 467 g/mol. The summed E-state index contributed by atoms with van der Waals surface area (Å²) < 4.78 is 30.0. The highest BCUT2D eigenvalue weighted by atomic mass is 32.2. The Bertz CT molecular complexity index is 967. The van der Waals surface area contributed by atoms with Crippen LogP contribution in [0.4, 0.5) is 0 Å². The van der Waals surface area contributed by atoms with Crippen molar-refractivity contribution in [2.75, 3.05) is 24.6 Å². The van der Waals surface area contributed by atoms with Crippen LogP contribution < -0.4 is 0 Å². The Hall–Kier alpha value is -1.78. The fourth-order valence-corrected chi connectivity index (χ4v) is 7.05. The highest BCUT2D eigenvalue weighted by Crippen LogP contribution is 2.29. The van der Waals surface area contributed by atoms with Gasteiger partial charge in [0.2, 0.25) is 11.8 Å². The van der Waals surface area contributed by atoms with Crippen molar-refractivity contribution in [3.8, 4) is 10.8 Å². The smallest absolute Gasteiger partial charge is 0.257 e. The molecule has 1 aliphatic carbocycles. The zero-order chi connectivity index (χ0) is 21.8. The molecule has 2 aromatic heterocycles. The van der Waals surface area contributed by atoms with Gasteiger partial charge in [-0.15, -0.1) is 21.5 Å². The molecular formula is C21H30N4O4S2. The van der Waals surface area contributed by atoms with Gasteiger partial charge in [-0.1, -0.05) is 25.8 Å². The largest absolute Gasteiger partial charge is 0.419 e. The first-order valence-electron chi connectivity index (χ1n) is 11.1. The predicted molar refractivity (Wildman–Crippen MR) is 119 cm³/mol. The van der Waals surface area contributed by atoms with Crippen molar-refractivity contribution >= 4 is 27.1 Å². The molecule has 0 N–H and O–H groups in total. The van der Waals surface area contributed by atoms with Crippen molar-refractivity contribution in [1.82, 2.24) is 20.0 Å². The molecule has 0 aromatic carbocycles. The number of hydrogen-bond acceptors (Lipinski definition) is 8. The van der Waals surface area contributed by atoms with E-state index in [4.69, 9.17) is 4.42 Å². The van der Waals surface area contributed by atoms with Gasteiger partial charge < -0.3 is 9.32 Å². The van der Waals surface area contributed by atoms with Gasteiger partial charge >= 0.3 is 0 Å². The molecule has 0 bridgehead atoms. The van der Waals surface area contributed by atoms with E-state index < -0.39 is 9.84 Å². The third-order valence-electron chi connectivity index (χ3n) is 6.06. The summed E-state index contributed by atoms with van der Waals surface area (Å²) in [5.41, 5.74) is 0. The normalized spacial score (nSPS) is 21.2. The number of sulfone groups is 1. The van der Waals surface area contributed by atoms with Crippen molar-refractivity contribution in [2.45, 2.75) is 64.1 Å². The molecular weight excluding hydrogens is 436 g/mol. The Morgan fingerprint density at radius 2 is 2.03 bits per heavy atom. The standard InChI is InChI=1S/C21H30N4O4S2/c1-2-10-24(13-19-22-23-21(29-19)18-8-5-11-30-18)14-20(26)25(16-6-3-4-7-16)17-9-12-31(27,28)15-17/h5,8,11,16-17H,2-4,6-7,9-10,12-15H2,1H3. The Labute approximate surface area is 187 Å². The molecule has 4 rings (SSSR count). The molecule has 1 amide bonds. The van der Waals surface area contributed by atoms with Gasteiger partial charge in [-0.2, -0.15) is 0 Å². The lowest BCUT2D eigenvalue weighted by Crippen LogP contribution is -2.50. The van der Waals surface area contributed by atoms with Crippen LogP contribution in [0.3, 0.4) is 0 Å². The lowest BCUT2D eigenvalue weighted by Gasteiger charge is -2.35. The van der Waals surface area contributed by atoms with Crippen molar-refractivity contribution in [3.63, 3.8) is 0 Å². The van der Waals surface area contributed by atoms with Crippen molar-refractivity contribution in [2.24, 2.45) is 0 Å². The number of amides is 1. The number of hydrogen-bond donors (Lipinski definition) is 0. The summed E-state index contributed by atoms with van der Waals surface area (Å²) in [5, 5.41) is 10.3. The van der Waals surface area contributed by atoms with Gasteiger partial charge in [0, 0.05) is 12.1 Å². The zero-order valence-electron chi connectivity index (χ0n) is 17.9. The van der Waals surface area contributed by atoms with Crippen LogP contribution in [0, 0.1) is 0 Å². The summed E-state index contributed by atoms with van der Waals surface area (Å²) in [6, 6.07) is 3.83. The SMILES string of the molecule is CCCN(CC(=O)N(C1CCCC1)C1CCS(=O)(=O)C1)Cc1nnc(-c2cccs2)o1. The molecule has 2 aromatic rings. The molecule has 2 aliphatic rings. The van der Waals surface area contributed by atoms with Crippen LogP contribution in [0.25, 0.3) is 10.8 Å². The van der Waals surface area contributed by atoms with Gasteiger partial charge in [0.15, 0.2) is 9.84 Å². The maximum atomic E-state index is 13.4. The van der Waals surface area contributed by atoms with Crippen LogP contribution >= 0.6 is 11.3 Å². The van der Waals surface area contributed by atoms with E-state index in [-0.39, 0.29) is 36.0 Å². The molecule has 1 saturated carbocycles. The number of rotatable bonds is 9. The molecule has 0 spiro atoms. The number of carbonyl (C=O) groups is 1. The number of nitrogens with zero attached hydrogens (tertiary/aromatic N) is 4.